The number of anilines is 1. The van der Waals surface area contributed by atoms with Crippen LogP contribution in [0, 0.1) is 0 Å². The van der Waals surface area contributed by atoms with Gasteiger partial charge < -0.3 is 14.2 Å². The number of rotatable bonds is 7. The quantitative estimate of drug-likeness (QED) is 0.402. The average molecular weight is 441 g/mol. The molecule has 0 spiro atoms. The van der Waals surface area contributed by atoms with Crippen LogP contribution in [0.2, 0.25) is 0 Å². The third kappa shape index (κ3) is 5.15. The molecule has 1 fully saturated rings. The lowest BCUT2D eigenvalue weighted by atomic mass is 10.0. The molecule has 166 valence electrons. The van der Waals surface area contributed by atoms with Crippen LogP contribution in [0.3, 0.4) is 0 Å². The van der Waals surface area contributed by atoms with Crippen LogP contribution in [-0.4, -0.2) is 47.2 Å². The Bertz CT molecular complexity index is 1200. The second-order valence-electron chi connectivity index (χ2n) is 7.97. The second kappa shape index (κ2) is 9.75. The monoisotopic (exact) mass is 440 g/mol. The molecule has 33 heavy (non-hydrogen) atoms. The normalized spacial score (nSPS) is 13.8. The van der Waals surface area contributed by atoms with Gasteiger partial charge in [-0.25, -0.2) is 9.97 Å². The number of ketones is 1. The highest BCUT2D eigenvalue weighted by atomic mass is 16.5. The molecule has 1 aliphatic rings. The van der Waals surface area contributed by atoms with Gasteiger partial charge in [0.2, 0.25) is 11.5 Å². The van der Waals surface area contributed by atoms with Crippen LogP contribution in [0.15, 0.2) is 77.6 Å². The van der Waals surface area contributed by atoms with Gasteiger partial charge in [-0.05, 0) is 29.3 Å². The lowest BCUT2D eigenvalue weighted by Gasteiger charge is -2.28. The van der Waals surface area contributed by atoms with Gasteiger partial charge in [0.15, 0.2) is 0 Å². The smallest absolute Gasteiger partial charge is 0.205 e. The van der Waals surface area contributed by atoms with Crippen LogP contribution in [0.5, 0.6) is 0 Å². The standard InChI is InChI=1S/C26H24N4O3/c31-24(25-10-12-28-33-25)17-19-1-5-21(6-2-19)23-9-11-27-26(29-23)18-20-3-7-22(8-4-20)30-13-15-32-16-14-30/h1-12H,13-18H2. The first-order chi connectivity index (χ1) is 16.2. The maximum atomic E-state index is 12.2. The number of morpholine rings is 1. The highest BCUT2D eigenvalue weighted by Gasteiger charge is 2.12. The van der Waals surface area contributed by atoms with Crippen molar-refractivity contribution >= 4 is 11.5 Å². The topological polar surface area (TPSA) is 81.4 Å². The Balaban J connectivity index is 1.24. The van der Waals surface area contributed by atoms with E-state index in [1.807, 2.05) is 30.3 Å². The van der Waals surface area contributed by atoms with E-state index in [9.17, 15) is 4.79 Å². The van der Waals surface area contributed by atoms with Gasteiger partial charge >= 0.3 is 0 Å². The van der Waals surface area contributed by atoms with Crippen molar-refractivity contribution < 1.29 is 14.1 Å². The molecular weight excluding hydrogens is 416 g/mol. The zero-order chi connectivity index (χ0) is 22.5. The Morgan fingerprint density at radius 2 is 1.64 bits per heavy atom. The molecule has 7 nitrogen and oxygen atoms in total. The Kier molecular flexibility index (Phi) is 6.21. The van der Waals surface area contributed by atoms with Gasteiger partial charge in [0.1, 0.15) is 5.82 Å². The molecule has 0 atom stereocenters. The highest BCUT2D eigenvalue weighted by Crippen LogP contribution is 2.21. The summed E-state index contributed by atoms with van der Waals surface area (Å²) >= 11 is 0. The van der Waals surface area contributed by atoms with E-state index in [0.29, 0.717) is 6.42 Å². The number of Topliss-reactive ketones (excluding diaryl/α,β-unsaturated/α-hetero) is 1. The number of hydrogen-bond acceptors (Lipinski definition) is 7. The molecule has 0 aliphatic carbocycles. The van der Waals surface area contributed by atoms with Crippen molar-refractivity contribution in [3.63, 3.8) is 0 Å². The zero-order valence-corrected chi connectivity index (χ0v) is 18.2. The van der Waals surface area contributed by atoms with Crippen molar-refractivity contribution in [3.8, 4) is 11.3 Å². The first-order valence-corrected chi connectivity index (χ1v) is 11.0. The lowest BCUT2D eigenvalue weighted by Crippen LogP contribution is -2.36. The molecule has 2 aromatic heterocycles. The molecule has 0 amide bonds. The summed E-state index contributed by atoms with van der Waals surface area (Å²) in [6, 6.07) is 19.9. The molecule has 4 aromatic rings. The van der Waals surface area contributed by atoms with Crippen molar-refractivity contribution in [3.05, 3.63) is 95.8 Å². The molecule has 0 unspecified atom stereocenters. The van der Waals surface area contributed by atoms with Crippen molar-refractivity contribution in [2.75, 3.05) is 31.2 Å². The summed E-state index contributed by atoms with van der Waals surface area (Å²) in [5.41, 5.74) is 5.15. The second-order valence-corrected chi connectivity index (χ2v) is 7.97. The third-order valence-corrected chi connectivity index (χ3v) is 5.71. The molecule has 0 bridgehead atoms. The molecule has 0 radical (unpaired) electrons. The lowest BCUT2D eigenvalue weighted by molar-refractivity contribution is 0.0957. The Morgan fingerprint density at radius 3 is 2.36 bits per heavy atom. The average Bonchev–Trinajstić information content (AvgIpc) is 3.41. The number of hydrogen-bond donors (Lipinski definition) is 0. The first-order valence-electron chi connectivity index (χ1n) is 11.0. The predicted molar refractivity (Wildman–Crippen MR) is 124 cm³/mol. The maximum absolute atomic E-state index is 12.2. The van der Waals surface area contributed by atoms with Crippen molar-refractivity contribution in [2.45, 2.75) is 12.8 Å². The summed E-state index contributed by atoms with van der Waals surface area (Å²) in [5, 5.41) is 3.59. The van der Waals surface area contributed by atoms with Gasteiger partial charge in [0.05, 0.1) is 25.1 Å². The van der Waals surface area contributed by atoms with Crippen LogP contribution in [0.1, 0.15) is 27.5 Å². The molecule has 0 N–H and O–H groups in total. The fraction of sp³-hybridized carbons (Fsp3) is 0.231. The molecular formula is C26H24N4O3. The molecule has 7 heteroatoms. The van der Waals surface area contributed by atoms with E-state index in [-0.39, 0.29) is 18.0 Å². The van der Waals surface area contributed by atoms with Gasteiger partial charge in [-0.15, -0.1) is 0 Å². The molecule has 3 heterocycles. The predicted octanol–water partition coefficient (Wildman–Crippen LogP) is 3.98. The van der Waals surface area contributed by atoms with Crippen LogP contribution >= 0.6 is 0 Å². The van der Waals surface area contributed by atoms with Gasteiger partial charge in [-0.2, -0.15) is 0 Å². The fourth-order valence-electron chi connectivity index (χ4n) is 3.90. The minimum absolute atomic E-state index is 0.0933. The highest BCUT2D eigenvalue weighted by molar-refractivity contribution is 5.94. The van der Waals surface area contributed by atoms with Crippen LogP contribution < -0.4 is 4.90 Å². The number of aromatic nitrogens is 3. The summed E-state index contributed by atoms with van der Waals surface area (Å²) in [4.78, 5) is 23.7. The summed E-state index contributed by atoms with van der Waals surface area (Å²) in [5.74, 6) is 0.956. The summed E-state index contributed by atoms with van der Waals surface area (Å²) in [7, 11) is 0. The molecule has 5 rings (SSSR count). The largest absolute Gasteiger partial charge is 0.378 e. The Hall–Kier alpha value is -3.84. The SMILES string of the molecule is O=C(Cc1ccc(-c2ccnc(Cc3ccc(N4CCOCC4)cc3)n2)cc1)c1ccno1. The van der Waals surface area contributed by atoms with Crippen molar-refractivity contribution in [1.29, 1.82) is 0 Å². The van der Waals surface area contributed by atoms with E-state index in [1.54, 1.807) is 12.3 Å². The fourth-order valence-corrected chi connectivity index (χ4v) is 3.90. The number of ether oxygens (including phenoxy) is 1. The van der Waals surface area contributed by atoms with E-state index in [0.717, 1.165) is 48.9 Å². The zero-order valence-electron chi connectivity index (χ0n) is 18.2. The van der Waals surface area contributed by atoms with E-state index in [2.05, 4.69) is 39.3 Å². The molecule has 2 aromatic carbocycles. The van der Waals surface area contributed by atoms with E-state index in [4.69, 9.17) is 14.2 Å². The van der Waals surface area contributed by atoms with E-state index >= 15 is 0 Å². The van der Waals surface area contributed by atoms with Crippen LogP contribution in [-0.2, 0) is 17.6 Å². The van der Waals surface area contributed by atoms with E-state index in [1.165, 1.54) is 17.4 Å². The van der Waals surface area contributed by atoms with Gasteiger partial charge in [0.25, 0.3) is 0 Å². The summed E-state index contributed by atoms with van der Waals surface area (Å²) < 4.78 is 10.4. The molecule has 0 saturated carbocycles. The minimum atomic E-state index is -0.0933. The minimum Gasteiger partial charge on any atom is -0.378 e. The summed E-state index contributed by atoms with van der Waals surface area (Å²) in [6.45, 7) is 3.41. The van der Waals surface area contributed by atoms with E-state index < -0.39 is 0 Å². The Labute approximate surface area is 192 Å². The summed E-state index contributed by atoms with van der Waals surface area (Å²) in [6.07, 6.45) is 4.20. The third-order valence-electron chi connectivity index (χ3n) is 5.71. The number of carbonyl (C=O) groups is 1. The molecule has 1 aliphatic heterocycles. The maximum Gasteiger partial charge on any atom is 0.205 e. The number of benzene rings is 2. The van der Waals surface area contributed by atoms with Gasteiger partial charge in [0, 0.05) is 49.4 Å². The molecule has 1 saturated heterocycles. The first kappa shape index (κ1) is 21.0. The van der Waals surface area contributed by atoms with Crippen LogP contribution in [0.4, 0.5) is 5.69 Å². The number of carbonyl (C=O) groups excluding carboxylic acids is 1. The van der Waals surface area contributed by atoms with Gasteiger partial charge in [-0.3, -0.25) is 4.79 Å². The Morgan fingerprint density at radius 1 is 0.879 bits per heavy atom. The van der Waals surface area contributed by atoms with Gasteiger partial charge in [-0.1, -0.05) is 41.6 Å². The van der Waals surface area contributed by atoms with Crippen molar-refractivity contribution in [1.82, 2.24) is 15.1 Å². The number of nitrogens with zero attached hydrogens (tertiary/aromatic N) is 4. The van der Waals surface area contributed by atoms with Crippen molar-refractivity contribution in [2.24, 2.45) is 0 Å². The van der Waals surface area contributed by atoms with Crippen LogP contribution in [0.25, 0.3) is 11.3 Å².